The van der Waals surface area contributed by atoms with E-state index in [-0.39, 0.29) is 22.7 Å². The van der Waals surface area contributed by atoms with E-state index in [0.29, 0.717) is 6.54 Å². The van der Waals surface area contributed by atoms with Crippen molar-refractivity contribution in [3.05, 3.63) is 35.9 Å². The molecule has 0 spiro atoms. The van der Waals surface area contributed by atoms with Crippen LogP contribution in [-0.4, -0.2) is 30.9 Å². The van der Waals surface area contributed by atoms with Crippen LogP contribution in [0.3, 0.4) is 0 Å². The summed E-state index contributed by atoms with van der Waals surface area (Å²) in [7, 11) is 1.47. The Bertz CT molecular complexity index is 571. The molecule has 0 aliphatic heterocycles. The molecule has 1 N–H and O–H groups in total. The molecule has 2 aliphatic rings. The standard InChI is InChI=1S/C18H23NO3/c1-22-16(21)17-8-5-9-18(13-17,11-10-17)19-12-15(20)14-6-3-2-4-7-14/h2-4,6-7,19H,5,8-13H2,1H3. The number of carbonyl (C=O) groups excluding carboxylic acids is 2. The summed E-state index contributed by atoms with van der Waals surface area (Å²) < 4.78 is 5.02. The van der Waals surface area contributed by atoms with Crippen LogP contribution in [0.5, 0.6) is 0 Å². The Balaban J connectivity index is 1.66. The molecule has 2 aliphatic carbocycles. The molecule has 22 heavy (non-hydrogen) atoms. The highest BCUT2D eigenvalue weighted by Gasteiger charge is 2.55. The largest absolute Gasteiger partial charge is 0.469 e. The summed E-state index contributed by atoms with van der Waals surface area (Å²) >= 11 is 0. The third-order valence-electron chi connectivity index (χ3n) is 5.41. The number of Topliss-reactive ketones (excluding diaryl/α,β-unsaturated/α-hetero) is 1. The second-order valence-electron chi connectivity index (χ2n) is 6.73. The minimum absolute atomic E-state index is 0.0725. The summed E-state index contributed by atoms with van der Waals surface area (Å²) in [5, 5.41) is 3.47. The molecular weight excluding hydrogens is 278 g/mol. The number of fused-ring (bicyclic) bond motifs is 2. The normalized spacial score (nSPS) is 30.0. The van der Waals surface area contributed by atoms with Crippen molar-refractivity contribution in [2.45, 2.75) is 44.1 Å². The van der Waals surface area contributed by atoms with Gasteiger partial charge in [-0.3, -0.25) is 9.59 Å². The van der Waals surface area contributed by atoms with Crippen LogP contribution in [-0.2, 0) is 9.53 Å². The molecule has 0 amide bonds. The summed E-state index contributed by atoms with van der Waals surface area (Å²) in [5.74, 6) is 0.0291. The Morgan fingerprint density at radius 1 is 1.14 bits per heavy atom. The van der Waals surface area contributed by atoms with Gasteiger partial charge in [0.25, 0.3) is 0 Å². The lowest BCUT2D eigenvalue weighted by molar-refractivity contribution is -0.154. The zero-order valence-corrected chi connectivity index (χ0v) is 13.1. The Hall–Kier alpha value is -1.68. The first kappa shape index (κ1) is 15.2. The number of esters is 1. The first-order valence-electron chi connectivity index (χ1n) is 8.01. The van der Waals surface area contributed by atoms with Crippen LogP contribution >= 0.6 is 0 Å². The number of hydrogen-bond donors (Lipinski definition) is 1. The van der Waals surface area contributed by atoms with Gasteiger partial charge in [-0.15, -0.1) is 0 Å². The maximum atomic E-state index is 12.3. The van der Waals surface area contributed by atoms with Crippen molar-refractivity contribution in [1.82, 2.24) is 5.32 Å². The maximum absolute atomic E-state index is 12.3. The Morgan fingerprint density at radius 2 is 1.91 bits per heavy atom. The van der Waals surface area contributed by atoms with Crippen molar-refractivity contribution in [1.29, 1.82) is 0 Å². The fraction of sp³-hybridized carbons (Fsp3) is 0.556. The quantitative estimate of drug-likeness (QED) is 0.671. The van der Waals surface area contributed by atoms with Gasteiger partial charge in [0, 0.05) is 11.1 Å². The van der Waals surface area contributed by atoms with Gasteiger partial charge in [0.2, 0.25) is 0 Å². The van der Waals surface area contributed by atoms with E-state index in [9.17, 15) is 9.59 Å². The highest BCUT2D eigenvalue weighted by molar-refractivity contribution is 5.97. The van der Waals surface area contributed by atoms with E-state index in [1.54, 1.807) is 0 Å². The van der Waals surface area contributed by atoms with Crippen LogP contribution in [0, 0.1) is 5.41 Å². The first-order valence-corrected chi connectivity index (χ1v) is 8.01. The molecule has 0 heterocycles. The van der Waals surface area contributed by atoms with Gasteiger partial charge in [0.05, 0.1) is 19.1 Å². The molecule has 1 aromatic rings. The van der Waals surface area contributed by atoms with Gasteiger partial charge in [-0.25, -0.2) is 0 Å². The van der Waals surface area contributed by atoms with Crippen molar-refractivity contribution >= 4 is 11.8 Å². The van der Waals surface area contributed by atoms with Crippen molar-refractivity contribution in [2.24, 2.45) is 5.41 Å². The van der Waals surface area contributed by atoms with E-state index >= 15 is 0 Å². The molecule has 1 aromatic carbocycles. The molecule has 2 unspecified atom stereocenters. The number of ether oxygens (including phenoxy) is 1. The number of methoxy groups -OCH3 is 1. The molecule has 2 atom stereocenters. The fourth-order valence-corrected chi connectivity index (χ4v) is 4.22. The highest BCUT2D eigenvalue weighted by Crippen LogP contribution is 2.54. The van der Waals surface area contributed by atoms with Crippen molar-refractivity contribution in [2.75, 3.05) is 13.7 Å². The number of hydrogen-bond acceptors (Lipinski definition) is 4. The molecule has 4 heteroatoms. The van der Waals surface area contributed by atoms with Crippen LogP contribution in [0.2, 0.25) is 0 Å². The highest BCUT2D eigenvalue weighted by atomic mass is 16.5. The summed E-state index contributed by atoms with van der Waals surface area (Å²) in [6, 6.07) is 9.35. The third kappa shape index (κ3) is 2.68. The fourth-order valence-electron chi connectivity index (χ4n) is 4.22. The van der Waals surface area contributed by atoms with E-state index in [4.69, 9.17) is 4.74 Å². The Labute approximate surface area is 131 Å². The molecule has 0 aromatic heterocycles. The third-order valence-corrected chi connectivity index (χ3v) is 5.41. The number of carbonyl (C=O) groups is 2. The van der Waals surface area contributed by atoms with Crippen molar-refractivity contribution < 1.29 is 14.3 Å². The van der Waals surface area contributed by atoms with Gasteiger partial charge in [0.15, 0.2) is 5.78 Å². The average Bonchev–Trinajstić information content (AvgIpc) is 2.85. The molecule has 2 fully saturated rings. The Morgan fingerprint density at radius 3 is 2.64 bits per heavy atom. The number of rotatable bonds is 5. The molecule has 3 rings (SSSR count). The minimum atomic E-state index is -0.324. The van der Waals surface area contributed by atoms with Crippen molar-refractivity contribution in [3.63, 3.8) is 0 Å². The predicted octanol–water partition coefficient (Wildman–Crippen LogP) is 2.72. The minimum Gasteiger partial charge on any atom is -0.469 e. The van der Waals surface area contributed by atoms with E-state index in [0.717, 1.165) is 44.1 Å². The van der Waals surface area contributed by atoms with Gasteiger partial charge in [-0.2, -0.15) is 0 Å². The Kier molecular flexibility index (Phi) is 4.04. The lowest BCUT2D eigenvalue weighted by Crippen LogP contribution is -2.49. The zero-order valence-electron chi connectivity index (χ0n) is 13.1. The smallest absolute Gasteiger partial charge is 0.311 e. The monoisotopic (exact) mass is 301 g/mol. The van der Waals surface area contributed by atoms with Crippen LogP contribution in [0.25, 0.3) is 0 Å². The van der Waals surface area contributed by atoms with Crippen LogP contribution in [0.15, 0.2) is 30.3 Å². The summed E-state index contributed by atoms with van der Waals surface area (Å²) in [5.41, 5.74) is 0.339. The lowest BCUT2D eigenvalue weighted by atomic mass is 9.73. The topological polar surface area (TPSA) is 55.4 Å². The van der Waals surface area contributed by atoms with E-state index < -0.39 is 0 Å². The van der Waals surface area contributed by atoms with Crippen LogP contribution in [0.4, 0.5) is 0 Å². The SMILES string of the molecule is COC(=O)C12CCCC(NCC(=O)c3ccccc3)(CC1)C2. The van der Waals surface area contributed by atoms with Gasteiger partial charge in [-0.05, 0) is 32.1 Å². The van der Waals surface area contributed by atoms with E-state index in [1.165, 1.54) is 7.11 Å². The molecule has 118 valence electrons. The van der Waals surface area contributed by atoms with Gasteiger partial charge >= 0.3 is 5.97 Å². The maximum Gasteiger partial charge on any atom is 0.311 e. The molecule has 0 saturated heterocycles. The summed E-state index contributed by atoms with van der Waals surface area (Å²) in [6.45, 7) is 0.335. The van der Waals surface area contributed by atoms with E-state index in [2.05, 4.69) is 5.32 Å². The zero-order chi connectivity index (χ0) is 15.6. The second-order valence-corrected chi connectivity index (χ2v) is 6.73. The van der Waals surface area contributed by atoms with Crippen molar-refractivity contribution in [3.8, 4) is 0 Å². The lowest BCUT2D eigenvalue weighted by Gasteiger charge is -2.38. The van der Waals surface area contributed by atoms with Gasteiger partial charge in [0.1, 0.15) is 0 Å². The molecule has 4 nitrogen and oxygen atoms in total. The summed E-state index contributed by atoms with van der Waals surface area (Å²) in [6.07, 6.45) is 5.58. The molecular formula is C18H23NO3. The number of ketones is 1. The summed E-state index contributed by atoms with van der Waals surface area (Å²) in [4.78, 5) is 24.4. The first-order chi connectivity index (χ1) is 10.6. The van der Waals surface area contributed by atoms with Crippen LogP contribution in [0.1, 0.15) is 48.9 Å². The van der Waals surface area contributed by atoms with Crippen LogP contribution < -0.4 is 5.32 Å². The molecule has 2 saturated carbocycles. The predicted molar refractivity (Wildman–Crippen MR) is 83.7 cm³/mol. The second kappa shape index (κ2) is 5.84. The van der Waals surface area contributed by atoms with Gasteiger partial charge < -0.3 is 10.1 Å². The number of benzene rings is 1. The molecule has 0 radical (unpaired) electrons. The van der Waals surface area contributed by atoms with Gasteiger partial charge in [-0.1, -0.05) is 36.8 Å². The molecule has 2 bridgehead atoms. The van der Waals surface area contributed by atoms with E-state index in [1.807, 2.05) is 30.3 Å². The number of nitrogens with one attached hydrogen (secondary N) is 1. The average molecular weight is 301 g/mol.